The minimum absolute atomic E-state index is 0.168. The van der Waals surface area contributed by atoms with Crippen molar-refractivity contribution in [3.05, 3.63) is 47.6 Å². The van der Waals surface area contributed by atoms with E-state index in [2.05, 4.69) is 10.3 Å². The molecule has 3 rings (SSSR count). The monoisotopic (exact) mass is 375 g/mol. The Balaban J connectivity index is 1.94. The molecule has 0 fully saturated rings. The number of halogens is 1. The number of benzene rings is 1. The quantitative estimate of drug-likeness (QED) is 0.824. The van der Waals surface area contributed by atoms with Gasteiger partial charge in [-0.05, 0) is 45.0 Å². The molecular weight excluding hydrogens is 358 g/mol. The molecule has 1 unspecified atom stereocenters. The van der Waals surface area contributed by atoms with Gasteiger partial charge in [-0.2, -0.15) is 0 Å². The van der Waals surface area contributed by atoms with E-state index in [-0.39, 0.29) is 11.8 Å². The molecule has 7 heteroatoms. The molecule has 1 aromatic heterocycles. The number of rotatable bonds is 3. The Morgan fingerprint density at radius 1 is 1.28 bits per heavy atom. The van der Waals surface area contributed by atoms with Gasteiger partial charge in [-0.1, -0.05) is 35.5 Å². The lowest BCUT2D eigenvalue weighted by molar-refractivity contribution is -0.126. The Hall–Kier alpha value is -2.05. The second kappa shape index (κ2) is 6.69. The first-order chi connectivity index (χ1) is 11.8. The summed E-state index contributed by atoms with van der Waals surface area (Å²) < 4.78 is 0. The average Bonchev–Trinajstić information content (AvgIpc) is 2.57. The summed E-state index contributed by atoms with van der Waals surface area (Å²) in [6.07, 6.45) is 1.64. The molecule has 130 valence electrons. The number of hydrogen-bond donors (Lipinski definition) is 1. The second-order valence-electron chi connectivity index (χ2n) is 6.25. The first-order valence-corrected chi connectivity index (χ1v) is 9.10. The third-order valence-electron chi connectivity index (χ3n) is 4.09. The van der Waals surface area contributed by atoms with Crippen molar-refractivity contribution in [2.45, 2.75) is 36.6 Å². The summed E-state index contributed by atoms with van der Waals surface area (Å²) in [5.41, 5.74) is 0.332. The summed E-state index contributed by atoms with van der Waals surface area (Å²) in [5, 5.41) is 3.50. The van der Waals surface area contributed by atoms with Crippen LogP contribution in [0.15, 0.2) is 47.6 Å². The third-order valence-corrected chi connectivity index (χ3v) is 5.61. The highest BCUT2D eigenvalue weighted by atomic mass is 35.5. The smallest absolute Gasteiger partial charge is 0.250 e. The highest BCUT2D eigenvalue weighted by molar-refractivity contribution is 8.00. The Morgan fingerprint density at radius 3 is 2.72 bits per heavy atom. The molecule has 25 heavy (non-hydrogen) atoms. The molecule has 0 saturated carbocycles. The van der Waals surface area contributed by atoms with E-state index in [4.69, 9.17) is 11.6 Å². The van der Waals surface area contributed by atoms with Gasteiger partial charge in [-0.3, -0.25) is 14.5 Å². The van der Waals surface area contributed by atoms with E-state index in [0.717, 1.165) is 0 Å². The number of carbonyl (C=O) groups is 2. The Bertz CT molecular complexity index is 841. The van der Waals surface area contributed by atoms with Gasteiger partial charge in [-0.15, -0.1) is 0 Å². The molecule has 1 N–H and O–H groups in total. The number of hydrogen-bond acceptors (Lipinski definition) is 4. The van der Waals surface area contributed by atoms with Crippen LogP contribution in [0.25, 0.3) is 0 Å². The Labute approximate surface area is 155 Å². The van der Waals surface area contributed by atoms with Crippen molar-refractivity contribution in [2.24, 2.45) is 0 Å². The lowest BCUT2D eigenvalue weighted by Crippen LogP contribution is -2.60. The molecule has 1 aromatic carbocycles. The van der Waals surface area contributed by atoms with Crippen LogP contribution in [-0.2, 0) is 9.59 Å². The zero-order valence-electron chi connectivity index (χ0n) is 14.1. The fourth-order valence-corrected chi connectivity index (χ4v) is 3.80. The summed E-state index contributed by atoms with van der Waals surface area (Å²) in [6, 6.07) is 10.8. The predicted molar refractivity (Wildman–Crippen MR) is 101 cm³/mol. The fourth-order valence-electron chi connectivity index (χ4n) is 2.70. The first-order valence-electron chi connectivity index (χ1n) is 7.84. The minimum Gasteiger partial charge on any atom is -0.322 e. The van der Waals surface area contributed by atoms with Gasteiger partial charge in [-0.25, -0.2) is 4.98 Å². The maximum Gasteiger partial charge on any atom is 0.250 e. The number of pyridine rings is 1. The third kappa shape index (κ3) is 3.24. The molecule has 2 heterocycles. The summed E-state index contributed by atoms with van der Waals surface area (Å²) in [6.45, 7) is 5.27. The van der Waals surface area contributed by atoms with E-state index in [1.54, 1.807) is 50.1 Å². The first kappa shape index (κ1) is 17.8. The predicted octanol–water partition coefficient (Wildman–Crippen LogP) is 3.98. The highest BCUT2D eigenvalue weighted by Gasteiger charge is 2.44. The van der Waals surface area contributed by atoms with Crippen LogP contribution in [-0.4, -0.2) is 27.6 Å². The van der Waals surface area contributed by atoms with Crippen LogP contribution in [0.4, 0.5) is 11.4 Å². The largest absolute Gasteiger partial charge is 0.322 e. The maximum atomic E-state index is 13.2. The van der Waals surface area contributed by atoms with E-state index < -0.39 is 10.8 Å². The summed E-state index contributed by atoms with van der Waals surface area (Å²) in [7, 11) is 0. The van der Waals surface area contributed by atoms with E-state index >= 15 is 0 Å². The van der Waals surface area contributed by atoms with Crippen LogP contribution in [0.2, 0.25) is 5.02 Å². The molecule has 1 aliphatic rings. The fraction of sp³-hybridized carbons (Fsp3) is 0.278. The number of thioether (sulfide) groups is 1. The molecule has 0 aliphatic carbocycles. The number of fused-ring (bicyclic) bond motifs is 1. The highest BCUT2D eigenvalue weighted by Crippen LogP contribution is 2.39. The van der Waals surface area contributed by atoms with Crippen LogP contribution < -0.4 is 10.2 Å². The zero-order valence-corrected chi connectivity index (χ0v) is 15.7. The summed E-state index contributed by atoms with van der Waals surface area (Å²) in [5.74, 6) is -0.383. The molecule has 5 nitrogen and oxygen atoms in total. The number of aromatic nitrogens is 1. The van der Waals surface area contributed by atoms with Gasteiger partial charge in [0.2, 0.25) is 11.8 Å². The van der Waals surface area contributed by atoms with Gasteiger partial charge in [0, 0.05) is 6.20 Å². The van der Waals surface area contributed by atoms with Crippen LogP contribution in [0.1, 0.15) is 20.8 Å². The van der Waals surface area contributed by atoms with Gasteiger partial charge in [0.15, 0.2) is 0 Å². The van der Waals surface area contributed by atoms with Crippen LogP contribution in [0.5, 0.6) is 0 Å². The second-order valence-corrected chi connectivity index (χ2v) is 7.99. The van der Waals surface area contributed by atoms with Crippen molar-refractivity contribution in [1.29, 1.82) is 0 Å². The maximum absolute atomic E-state index is 13.2. The van der Waals surface area contributed by atoms with Gasteiger partial charge in [0.25, 0.3) is 0 Å². The van der Waals surface area contributed by atoms with Crippen molar-refractivity contribution in [1.82, 2.24) is 4.98 Å². The number of para-hydroxylation sites is 2. The molecule has 1 atom stereocenters. The molecule has 0 bridgehead atoms. The Morgan fingerprint density at radius 2 is 2.00 bits per heavy atom. The number of carbonyl (C=O) groups excluding carboxylic acids is 2. The molecular formula is C18H18ClN3O2S. The topological polar surface area (TPSA) is 62.3 Å². The molecule has 0 saturated heterocycles. The van der Waals surface area contributed by atoms with Crippen molar-refractivity contribution in [3.63, 3.8) is 0 Å². The minimum atomic E-state index is -0.992. The van der Waals surface area contributed by atoms with Crippen molar-refractivity contribution in [2.75, 3.05) is 10.2 Å². The normalized spacial score (nSPS) is 16.8. The van der Waals surface area contributed by atoms with Crippen LogP contribution >= 0.6 is 23.4 Å². The lowest BCUT2D eigenvalue weighted by Gasteiger charge is -2.43. The molecule has 2 aromatic rings. The SMILES string of the molecule is CC(Sc1ncccc1Cl)C(=O)N1c2ccccc2NC(=O)C1(C)C. The number of anilines is 2. The number of amides is 2. The zero-order chi connectivity index (χ0) is 18.2. The lowest BCUT2D eigenvalue weighted by atomic mass is 9.96. The van der Waals surface area contributed by atoms with Crippen molar-refractivity contribution < 1.29 is 9.59 Å². The van der Waals surface area contributed by atoms with E-state index in [1.807, 2.05) is 18.2 Å². The standard InChI is InChI=1S/C18H18ClN3O2S/c1-11(25-15-12(19)7-6-10-20-15)16(23)22-14-9-5-4-8-13(14)21-17(24)18(22,2)3/h4-11H,1-3H3,(H,21,24). The van der Waals surface area contributed by atoms with Crippen LogP contribution in [0.3, 0.4) is 0 Å². The molecule has 0 radical (unpaired) electrons. The average molecular weight is 376 g/mol. The number of nitrogens with one attached hydrogen (secondary N) is 1. The van der Waals surface area contributed by atoms with Crippen molar-refractivity contribution in [3.8, 4) is 0 Å². The summed E-state index contributed by atoms with van der Waals surface area (Å²) >= 11 is 7.43. The molecule has 0 spiro atoms. The van der Waals surface area contributed by atoms with Gasteiger partial charge in [0.1, 0.15) is 10.6 Å². The van der Waals surface area contributed by atoms with Gasteiger partial charge in [0.05, 0.1) is 21.6 Å². The van der Waals surface area contributed by atoms with E-state index in [0.29, 0.717) is 21.4 Å². The van der Waals surface area contributed by atoms with Gasteiger partial charge < -0.3 is 5.32 Å². The molecule has 1 aliphatic heterocycles. The van der Waals surface area contributed by atoms with E-state index in [9.17, 15) is 9.59 Å². The number of nitrogens with zero attached hydrogens (tertiary/aromatic N) is 2. The summed E-state index contributed by atoms with van der Waals surface area (Å²) in [4.78, 5) is 31.5. The van der Waals surface area contributed by atoms with Crippen LogP contribution in [0, 0.1) is 0 Å². The van der Waals surface area contributed by atoms with Crippen molar-refractivity contribution >= 4 is 46.6 Å². The van der Waals surface area contributed by atoms with Gasteiger partial charge >= 0.3 is 0 Å². The van der Waals surface area contributed by atoms with E-state index in [1.165, 1.54) is 11.8 Å². The molecule has 2 amide bonds. The Kier molecular flexibility index (Phi) is 4.75.